The van der Waals surface area contributed by atoms with Gasteiger partial charge in [-0.05, 0) is 5.28 Å². The molecular formula is C2H6N3NaO2. The molecular weight excluding hydrogens is 121 g/mol. The van der Waals surface area contributed by atoms with Crippen molar-refractivity contribution in [1.82, 2.24) is 5.01 Å². The third-order valence-corrected chi connectivity index (χ3v) is 0.412. The zero-order chi connectivity index (χ0) is 5.86. The monoisotopic (exact) mass is 127 g/mol. The SMILES string of the molecule is CN(C)[N+]([O-])=N[O-].[Na+]. The number of nitrogens with zero attached hydrogens (tertiary/aromatic N) is 3. The van der Waals surface area contributed by atoms with E-state index in [1.54, 1.807) is 0 Å². The van der Waals surface area contributed by atoms with E-state index in [1.807, 2.05) is 5.28 Å². The first-order chi connectivity index (χ1) is 3.18. The Morgan fingerprint density at radius 1 is 1.50 bits per heavy atom. The van der Waals surface area contributed by atoms with Crippen LogP contribution in [0.4, 0.5) is 0 Å². The summed E-state index contributed by atoms with van der Waals surface area (Å²) in [4.78, 5) is -0.0556. The number of hydrazine groups is 1. The Labute approximate surface area is 69.4 Å². The molecule has 0 aromatic rings. The van der Waals surface area contributed by atoms with E-state index in [2.05, 4.69) is 0 Å². The minimum Gasteiger partial charge on any atom is -0.737 e. The Morgan fingerprint density at radius 2 is 1.88 bits per heavy atom. The molecule has 0 amide bonds. The summed E-state index contributed by atoms with van der Waals surface area (Å²) >= 11 is 0. The van der Waals surface area contributed by atoms with E-state index in [1.165, 1.54) is 14.1 Å². The average Bonchev–Trinajstić information content (AvgIpc) is 1.65. The van der Waals surface area contributed by atoms with Crippen LogP contribution in [-0.4, -0.2) is 24.1 Å². The standard InChI is InChI=1S/C2H7N3O2.Na/c1-4(2)5(7)3-6;/h6H,1-2H3;/q;+1/p-1. The van der Waals surface area contributed by atoms with Crippen LogP contribution in [0.5, 0.6) is 0 Å². The average molecular weight is 127 g/mol. The molecule has 0 rings (SSSR count). The van der Waals surface area contributed by atoms with E-state index in [9.17, 15) is 10.4 Å². The molecule has 0 aromatic heterocycles. The van der Waals surface area contributed by atoms with Gasteiger partial charge in [0.25, 0.3) is 0 Å². The fourth-order valence-corrected chi connectivity index (χ4v) is 0.0730. The Bertz CT molecular complexity index is 83.4. The van der Waals surface area contributed by atoms with Gasteiger partial charge in [0.05, 0.1) is 14.1 Å². The van der Waals surface area contributed by atoms with Gasteiger partial charge in [0, 0.05) is 4.97 Å². The zero-order valence-electron chi connectivity index (χ0n) is 5.16. The number of hydrogen-bond acceptors (Lipinski definition) is 3. The van der Waals surface area contributed by atoms with Gasteiger partial charge in [0.15, 0.2) is 0 Å². The summed E-state index contributed by atoms with van der Waals surface area (Å²) in [5.41, 5.74) is 0. The second kappa shape index (κ2) is 5.14. The van der Waals surface area contributed by atoms with Crippen LogP contribution in [0, 0.1) is 10.4 Å². The van der Waals surface area contributed by atoms with E-state index in [-0.39, 0.29) is 34.5 Å². The number of rotatable bonds is 1. The number of hydrogen-bond donors (Lipinski definition) is 0. The van der Waals surface area contributed by atoms with Crippen molar-refractivity contribution < 1.29 is 34.5 Å². The van der Waals surface area contributed by atoms with E-state index < -0.39 is 0 Å². The van der Waals surface area contributed by atoms with Crippen molar-refractivity contribution in [2.24, 2.45) is 5.28 Å². The zero-order valence-corrected chi connectivity index (χ0v) is 7.16. The smallest absolute Gasteiger partial charge is 0.737 e. The molecule has 0 saturated carbocycles. The molecule has 0 aliphatic rings. The molecule has 0 heterocycles. The van der Waals surface area contributed by atoms with Crippen molar-refractivity contribution in [2.75, 3.05) is 14.1 Å². The second-order valence-electron chi connectivity index (χ2n) is 1.18. The summed E-state index contributed by atoms with van der Waals surface area (Å²) < 4.78 is 0. The predicted octanol–water partition coefficient (Wildman–Crippen LogP) is -3.07. The molecule has 8 heavy (non-hydrogen) atoms. The maximum absolute atomic E-state index is 9.88. The maximum Gasteiger partial charge on any atom is 1.00 e. The Hall–Kier alpha value is 0. The molecule has 0 N–H and O–H groups in total. The molecule has 0 fully saturated rings. The van der Waals surface area contributed by atoms with Crippen LogP contribution >= 0.6 is 0 Å². The molecule has 0 spiro atoms. The first-order valence-corrected chi connectivity index (χ1v) is 1.66. The van der Waals surface area contributed by atoms with Gasteiger partial charge in [0.1, 0.15) is 0 Å². The van der Waals surface area contributed by atoms with Crippen LogP contribution in [-0.2, 0) is 0 Å². The molecule has 0 atom stereocenters. The van der Waals surface area contributed by atoms with Gasteiger partial charge in [-0.1, -0.05) is 0 Å². The molecule has 42 valence electrons. The van der Waals surface area contributed by atoms with Crippen LogP contribution in [0.1, 0.15) is 0 Å². The maximum atomic E-state index is 9.88. The van der Waals surface area contributed by atoms with Crippen LogP contribution in [0.3, 0.4) is 0 Å². The molecule has 0 unspecified atom stereocenters. The molecule has 0 bridgehead atoms. The normalized spacial score (nSPS) is 10.0. The van der Waals surface area contributed by atoms with E-state index in [0.29, 0.717) is 0 Å². The summed E-state index contributed by atoms with van der Waals surface area (Å²) in [6.07, 6.45) is 0. The van der Waals surface area contributed by atoms with Crippen LogP contribution in [0.25, 0.3) is 0 Å². The van der Waals surface area contributed by atoms with Crippen LogP contribution < -0.4 is 29.6 Å². The fourth-order valence-electron chi connectivity index (χ4n) is 0.0730. The molecule has 0 aromatic carbocycles. The van der Waals surface area contributed by atoms with E-state index >= 15 is 0 Å². The van der Waals surface area contributed by atoms with Gasteiger partial charge in [0.2, 0.25) is 0 Å². The van der Waals surface area contributed by atoms with Gasteiger partial charge < -0.3 is 10.4 Å². The summed E-state index contributed by atoms with van der Waals surface area (Å²) in [5.74, 6) is 0. The van der Waals surface area contributed by atoms with Crippen molar-refractivity contribution in [3.63, 3.8) is 0 Å². The van der Waals surface area contributed by atoms with Crippen molar-refractivity contribution in [1.29, 1.82) is 0 Å². The van der Waals surface area contributed by atoms with E-state index in [0.717, 1.165) is 5.01 Å². The second-order valence-corrected chi connectivity index (χ2v) is 1.18. The Kier molecular flexibility index (Phi) is 7.00. The topological polar surface area (TPSA) is 64.7 Å². The molecule has 0 aliphatic heterocycles. The molecule has 0 radical (unpaired) electrons. The van der Waals surface area contributed by atoms with Gasteiger partial charge in [-0.25, -0.2) is 0 Å². The summed E-state index contributed by atoms with van der Waals surface area (Å²) in [6.45, 7) is 0. The fraction of sp³-hybridized carbons (Fsp3) is 1.00. The third-order valence-electron chi connectivity index (χ3n) is 0.412. The first-order valence-electron chi connectivity index (χ1n) is 1.66. The quantitative estimate of drug-likeness (QED) is 0.162. The Balaban J connectivity index is 0. The minimum absolute atomic E-state index is 0. The van der Waals surface area contributed by atoms with Crippen LogP contribution in [0.15, 0.2) is 5.28 Å². The first kappa shape index (κ1) is 10.9. The van der Waals surface area contributed by atoms with Crippen molar-refractivity contribution in [3.8, 4) is 0 Å². The van der Waals surface area contributed by atoms with Gasteiger partial charge >= 0.3 is 29.6 Å². The van der Waals surface area contributed by atoms with Crippen molar-refractivity contribution in [3.05, 3.63) is 10.4 Å². The predicted molar refractivity (Wildman–Crippen MR) is 23.1 cm³/mol. The molecule has 0 saturated heterocycles. The summed E-state index contributed by atoms with van der Waals surface area (Å²) in [6, 6.07) is 0. The van der Waals surface area contributed by atoms with Crippen molar-refractivity contribution in [2.45, 2.75) is 0 Å². The molecule has 5 nitrogen and oxygen atoms in total. The summed E-state index contributed by atoms with van der Waals surface area (Å²) in [7, 11) is 2.85. The minimum atomic E-state index is -0.0556. The van der Waals surface area contributed by atoms with Crippen LogP contribution in [0.2, 0.25) is 0 Å². The third kappa shape index (κ3) is 4.17. The van der Waals surface area contributed by atoms with Gasteiger partial charge in [-0.2, -0.15) is 5.01 Å². The molecule has 6 heteroatoms. The Morgan fingerprint density at radius 3 is 1.88 bits per heavy atom. The summed E-state index contributed by atoms with van der Waals surface area (Å²) in [5, 5.41) is 22.2. The largest absolute Gasteiger partial charge is 1.00 e. The van der Waals surface area contributed by atoms with Gasteiger partial charge in [-0.3, -0.25) is 0 Å². The molecule has 0 aliphatic carbocycles. The van der Waals surface area contributed by atoms with E-state index in [4.69, 9.17) is 0 Å². The van der Waals surface area contributed by atoms with Gasteiger partial charge in [-0.15, -0.1) is 0 Å². The van der Waals surface area contributed by atoms with Crippen molar-refractivity contribution >= 4 is 0 Å².